The smallest absolute Gasteiger partial charge is 0.157 e. The maximum absolute atomic E-state index is 5.76. The lowest BCUT2D eigenvalue weighted by Crippen LogP contribution is -2.45. The van der Waals surface area contributed by atoms with Crippen LogP contribution in [0.2, 0.25) is 0 Å². The summed E-state index contributed by atoms with van der Waals surface area (Å²) in [7, 11) is 2.16. The highest BCUT2D eigenvalue weighted by atomic mass is 32.2. The molecule has 3 fully saturated rings. The van der Waals surface area contributed by atoms with E-state index in [-0.39, 0.29) is 6.10 Å². The minimum absolute atomic E-state index is 0.275. The van der Waals surface area contributed by atoms with Crippen LogP contribution in [0, 0.1) is 0 Å². The third-order valence-electron chi connectivity index (χ3n) is 4.45. The summed E-state index contributed by atoms with van der Waals surface area (Å²) < 4.78 is 5.76. The fraction of sp³-hybridized carbons (Fsp3) is 0.929. The molecule has 19 heavy (non-hydrogen) atoms. The molecule has 1 N–H and O–H groups in total. The van der Waals surface area contributed by atoms with Gasteiger partial charge in [0.25, 0.3) is 0 Å². The third-order valence-corrected chi connectivity index (χ3v) is 5.65. The highest BCUT2D eigenvalue weighted by Crippen LogP contribution is 2.36. The van der Waals surface area contributed by atoms with Crippen molar-refractivity contribution in [2.45, 2.75) is 43.7 Å². The monoisotopic (exact) mass is 283 g/mol. The average molecular weight is 283 g/mol. The first-order valence-electron chi connectivity index (χ1n) is 7.51. The lowest BCUT2D eigenvalue weighted by Gasteiger charge is -2.32. The molecule has 2 heterocycles. The van der Waals surface area contributed by atoms with E-state index in [0.717, 1.165) is 31.4 Å². The van der Waals surface area contributed by atoms with Crippen LogP contribution in [0.4, 0.5) is 0 Å². The van der Waals surface area contributed by atoms with E-state index in [1.165, 1.54) is 37.9 Å². The molecule has 1 saturated carbocycles. The van der Waals surface area contributed by atoms with Crippen LogP contribution in [-0.4, -0.2) is 60.8 Å². The van der Waals surface area contributed by atoms with Gasteiger partial charge in [-0.25, -0.2) is 0 Å². The number of nitrogens with one attached hydrogen (secondary N) is 1. The van der Waals surface area contributed by atoms with Gasteiger partial charge >= 0.3 is 0 Å². The summed E-state index contributed by atoms with van der Waals surface area (Å²) >= 11 is 1.91. The Bertz CT molecular complexity index is 342. The molecule has 0 aromatic carbocycles. The summed E-state index contributed by atoms with van der Waals surface area (Å²) in [5, 5.41) is 4.85. The van der Waals surface area contributed by atoms with Crippen LogP contribution < -0.4 is 5.32 Å². The minimum Gasteiger partial charge on any atom is -0.374 e. The molecule has 2 saturated heterocycles. The van der Waals surface area contributed by atoms with Crippen molar-refractivity contribution >= 4 is 16.9 Å². The predicted molar refractivity (Wildman–Crippen MR) is 80.9 cm³/mol. The van der Waals surface area contributed by atoms with Crippen LogP contribution >= 0.6 is 11.8 Å². The minimum atomic E-state index is 0.275. The first kappa shape index (κ1) is 13.7. The Kier molecular flexibility index (Phi) is 4.34. The molecule has 3 aliphatic rings. The number of likely N-dealkylation sites (N-methyl/N-ethyl adjacent to an activating group) is 1. The molecule has 108 valence electrons. The number of hydrogen-bond donors (Lipinski definition) is 1. The maximum Gasteiger partial charge on any atom is 0.157 e. The first-order chi connectivity index (χ1) is 9.26. The Hall–Kier alpha value is -0.260. The molecule has 5 heteroatoms. The molecule has 0 bridgehead atoms. The van der Waals surface area contributed by atoms with Crippen molar-refractivity contribution in [2.24, 2.45) is 4.99 Å². The van der Waals surface area contributed by atoms with E-state index in [0.29, 0.717) is 5.54 Å². The molecule has 1 aliphatic carbocycles. The fourth-order valence-electron chi connectivity index (χ4n) is 3.25. The number of ether oxygens (including phenoxy) is 1. The van der Waals surface area contributed by atoms with Gasteiger partial charge in [0.15, 0.2) is 5.17 Å². The predicted octanol–water partition coefficient (Wildman–Crippen LogP) is 1.71. The molecular weight excluding hydrogens is 258 g/mol. The number of morpholine rings is 1. The third kappa shape index (κ3) is 3.44. The molecule has 1 spiro atoms. The van der Waals surface area contributed by atoms with Crippen molar-refractivity contribution in [2.75, 3.05) is 39.0 Å². The fourth-order valence-corrected chi connectivity index (χ4v) is 4.48. The Balaban J connectivity index is 1.51. The van der Waals surface area contributed by atoms with E-state index in [4.69, 9.17) is 9.73 Å². The second kappa shape index (κ2) is 6.02. The van der Waals surface area contributed by atoms with Crippen LogP contribution in [0.3, 0.4) is 0 Å². The Labute approximate surface area is 120 Å². The van der Waals surface area contributed by atoms with E-state index in [1.807, 2.05) is 11.8 Å². The van der Waals surface area contributed by atoms with Gasteiger partial charge in [-0.15, -0.1) is 0 Å². The first-order valence-corrected chi connectivity index (χ1v) is 8.50. The van der Waals surface area contributed by atoms with Gasteiger partial charge in [0.1, 0.15) is 0 Å². The van der Waals surface area contributed by atoms with Gasteiger partial charge in [-0.1, -0.05) is 31.0 Å². The number of aliphatic imine (C=N–C) groups is 1. The molecule has 3 rings (SSSR count). The number of rotatable bonds is 2. The van der Waals surface area contributed by atoms with E-state index in [1.54, 1.807) is 0 Å². The Morgan fingerprint density at radius 2 is 2.26 bits per heavy atom. The molecule has 2 aliphatic heterocycles. The molecule has 0 aromatic rings. The standard InChI is InChI=1S/C14H25N3OS/c1-17-7-8-18-12(10-17)9-15-13-16-14(11-19-13)5-3-2-4-6-14/h12H,2-11H2,1H3,(H,15,16). The summed E-state index contributed by atoms with van der Waals surface area (Å²) in [5.41, 5.74) is 0.367. The van der Waals surface area contributed by atoms with Gasteiger partial charge in [-0.2, -0.15) is 0 Å². The highest BCUT2D eigenvalue weighted by Gasteiger charge is 2.38. The quantitative estimate of drug-likeness (QED) is 0.837. The van der Waals surface area contributed by atoms with Crippen molar-refractivity contribution in [1.82, 2.24) is 10.2 Å². The second-order valence-corrected chi connectivity index (χ2v) is 7.12. The maximum atomic E-state index is 5.76. The summed E-state index contributed by atoms with van der Waals surface area (Å²) in [4.78, 5) is 7.07. The van der Waals surface area contributed by atoms with Crippen LogP contribution in [-0.2, 0) is 4.74 Å². The van der Waals surface area contributed by atoms with Crippen LogP contribution in [0.25, 0.3) is 0 Å². The van der Waals surface area contributed by atoms with Crippen molar-refractivity contribution in [3.05, 3.63) is 0 Å². The lowest BCUT2D eigenvalue weighted by atomic mass is 9.83. The van der Waals surface area contributed by atoms with E-state index in [9.17, 15) is 0 Å². The molecule has 0 radical (unpaired) electrons. The molecule has 4 nitrogen and oxygen atoms in total. The van der Waals surface area contributed by atoms with Gasteiger partial charge in [0.2, 0.25) is 0 Å². The molecule has 1 unspecified atom stereocenters. The van der Waals surface area contributed by atoms with E-state index < -0.39 is 0 Å². The number of thioether (sulfide) groups is 1. The summed E-state index contributed by atoms with van der Waals surface area (Å²) in [6.45, 7) is 3.70. The number of hydrogen-bond acceptors (Lipinski definition) is 4. The zero-order chi connectivity index (χ0) is 13.1. The van der Waals surface area contributed by atoms with Gasteiger partial charge in [0, 0.05) is 24.4 Å². The topological polar surface area (TPSA) is 36.9 Å². The van der Waals surface area contributed by atoms with E-state index >= 15 is 0 Å². The van der Waals surface area contributed by atoms with Gasteiger partial charge in [0.05, 0.1) is 19.3 Å². The summed E-state index contributed by atoms with van der Waals surface area (Å²) in [6, 6.07) is 0. The highest BCUT2D eigenvalue weighted by molar-refractivity contribution is 8.14. The second-order valence-electron chi connectivity index (χ2n) is 6.16. The van der Waals surface area contributed by atoms with E-state index in [2.05, 4.69) is 17.3 Å². The SMILES string of the molecule is CN1CCOC(CN=C2NC3(CCCCC3)CS2)C1. The zero-order valence-corrected chi connectivity index (χ0v) is 12.7. The molecule has 0 amide bonds. The van der Waals surface area contributed by atoms with Crippen molar-refractivity contribution in [1.29, 1.82) is 0 Å². The molecule has 1 atom stereocenters. The molecule has 0 aromatic heterocycles. The lowest BCUT2D eigenvalue weighted by molar-refractivity contribution is -0.0135. The normalized spacial score (nSPS) is 33.7. The van der Waals surface area contributed by atoms with Gasteiger partial charge in [-0.3, -0.25) is 4.99 Å². The summed E-state index contributed by atoms with van der Waals surface area (Å²) in [5.74, 6) is 1.21. The van der Waals surface area contributed by atoms with Crippen molar-refractivity contribution in [3.63, 3.8) is 0 Å². The summed E-state index contributed by atoms with van der Waals surface area (Å²) in [6.07, 6.45) is 7.07. The van der Waals surface area contributed by atoms with Gasteiger partial charge in [-0.05, 0) is 19.9 Å². The number of amidine groups is 1. The van der Waals surface area contributed by atoms with Crippen LogP contribution in [0.1, 0.15) is 32.1 Å². The number of nitrogens with zero attached hydrogens (tertiary/aromatic N) is 2. The van der Waals surface area contributed by atoms with Crippen molar-refractivity contribution in [3.8, 4) is 0 Å². The molecular formula is C14H25N3OS. The van der Waals surface area contributed by atoms with Gasteiger partial charge < -0.3 is 15.0 Å². The van der Waals surface area contributed by atoms with Crippen LogP contribution in [0.5, 0.6) is 0 Å². The average Bonchev–Trinajstić information content (AvgIpc) is 2.80. The zero-order valence-electron chi connectivity index (χ0n) is 11.9. The largest absolute Gasteiger partial charge is 0.374 e. The van der Waals surface area contributed by atoms with Crippen molar-refractivity contribution < 1.29 is 4.74 Å². The Morgan fingerprint density at radius 1 is 1.42 bits per heavy atom. The van der Waals surface area contributed by atoms with Crippen LogP contribution in [0.15, 0.2) is 4.99 Å². The Morgan fingerprint density at radius 3 is 3.05 bits per heavy atom.